The molecule has 1 N–H and O–H groups in total. The highest BCUT2D eigenvalue weighted by molar-refractivity contribution is 6.37. The van der Waals surface area contributed by atoms with E-state index in [0.29, 0.717) is 16.1 Å². The Labute approximate surface area is 237 Å². The fraction of sp³-hybridized carbons (Fsp3) is 0.161. The third-order valence-corrected chi connectivity index (χ3v) is 7.52. The van der Waals surface area contributed by atoms with Gasteiger partial charge in [0.05, 0.1) is 0 Å². The molecule has 0 aliphatic heterocycles. The molecule has 4 nitrogen and oxygen atoms in total. The molecule has 0 saturated carbocycles. The zero-order valence-corrected chi connectivity index (χ0v) is 22.7. The second-order valence-corrected chi connectivity index (χ2v) is 10.4. The third-order valence-electron chi connectivity index (χ3n) is 6.92. The number of carbonyl (C=O) groups excluding carboxylic acids is 1. The van der Waals surface area contributed by atoms with Gasteiger partial charge in [0.25, 0.3) is 0 Å². The molecule has 1 unspecified atom stereocenters. The Morgan fingerprint density at radius 1 is 0.800 bits per heavy atom. The lowest BCUT2D eigenvalue weighted by atomic mass is 9.89. The molecule has 0 amide bonds. The van der Waals surface area contributed by atoms with Crippen molar-refractivity contribution in [2.75, 3.05) is 6.61 Å². The summed E-state index contributed by atoms with van der Waals surface area (Å²) in [6.07, 6.45) is -4.86. The molecule has 204 valence electrons. The Bertz CT molecular complexity index is 1700. The van der Waals surface area contributed by atoms with E-state index >= 15 is 0 Å². The van der Waals surface area contributed by atoms with Gasteiger partial charge in [-0.25, -0.2) is 4.79 Å². The fourth-order valence-electron chi connectivity index (χ4n) is 5.40. The Kier molecular flexibility index (Phi) is 7.03. The Hall–Kier alpha value is -3.65. The van der Waals surface area contributed by atoms with E-state index in [0.717, 1.165) is 27.8 Å². The molecule has 2 aliphatic rings. The van der Waals surface area contributed by atoms with Crippen LogP contribution in [0, 0.1) is 13.8 Å². The van der Waals surface area contributed by atoms with Crippen molar-refractivity contribution in [2.24, 2.45) is 0 Å². The van der Waals surface area contributed by atoms with Crippen molar-refractivity contribution in [3.05, 3.63) is 116 Å². The lowest BCUT2D eigenvalue weighted by Gasteiger charge is -2.33. The quantitative estimate of drug-likeness (QED) is 0.231. The summed E-state index contributed by atoms with van der Waals surface area (Å²) in [7, 11) is 0. The topological polar surface area (TPSA) is 63.6 Å². The normalized spacial score (nSPS) is 16.4. The van der Waals surface area contributed by atoms with Gasteiger partial charge in [-0.05, 0) is 54.3 Å². The van der Waals surface area contributed by atoms with E-state index in [9.17, 15) is 22.8 Å². The molecule has 4 aromatic rings. The van der Waals surface area contributed by atoms with Crippen molar-refractivity contribution in [1.29, 1.82) is 0 Å². The van der Waals surface area contributed by atoms with Gasteiger partial charge in [0.1, 0.15) is 6.61 Å². The minimum Gasteiger partial charge on any atom is -0.480 e. The average molecular weight is 585 g/mol. The van der Waals surface area contributed by atoms with Gasteiger partial charge < -0.3 is 9.84 Å². The summed E-state index contributed by atoms with van der Waals surface area (Å²) in [5.41, 5.74) is 2.19. The third kappa shape index (κ3) is 4.38. The zero-order valence-electron chi connectivity index (χ0n) is 21.2. The van der Waals surface area contributed by atoms with E-state index in [1.165, 1.54) is 24.3 Å². The minimum atomic E-state index is -4.86. The van der Waals surface area contributed by atoms with Crippen molar-refractivity contribution < 1.29 is 32.6 Å². The van der Waals surface area contributed by atoms with Crippen molar-refractivity contribution >= 4 is 35.0 Å². The first-order chi connectivity index (χ1) is 18.9. The van der Waals surface area contributed by atoms with Crippen LogP contribution in [0.2, 0.25) is 10.0 Å². The van der Waals surface area contributed by atoms with Gasteiger partial charge in [0.15, 0.2) is 5.78 Å². The van der Waals surface area contributed by atoms with Crippen molar-refractivity contribution in [2.45, 2.75) is 25.6 Å². The Morgan fingerprint density at radius 2 is 1.35 bits per heavy atom. The van der Waals surface area contributed by atoms with Crippen molar-refractivity contribution in [3.8, 4) is 22.3 Å². The van der Waals surface area contributed by atoms with Crippen LogP contribution in [-0.2, 0) is 15.1 Å². The second-order valence-electron chi connectivity index (χ2n) is 9.62. The number of fused-ring (bicyclic) bond motifs is 6. The number of ether oxygens (including phenoxy) is 1. The summed E-state index contributed by atoms with van der Waals surface area (Å²) < 4.78 is 47.4. The Morgan fingerprint density at radius 3 is 1.98 bits per heavy atom. The zero-order chi connectivity index (χ0) is 29.0. The number of carbonyl (C=O) groups is 2. The Balaban J connectivity index is 0.000000174. The highest BCUT2D eigenvalue weighted by Gasteiger charge is 2.63. The molecule has 40 heavy (non-hydrogen) atoms. The van der Waals surface area contributed by atoms with E-state index in [1.54, 1.807) is 19.1 Å². The van der Waals surface area contributed by atoms with Gasteiger partial charge in [-0.3, -0.25) is 4.79 Å². The van der Waals surface area contributed by atoms with Crippen molar-refractivity contribution in [3.63, 3.8) is 0 Å². The van der Waals surface area contributed by atoms with E-state index in [4.69, 9.17) is 33.0 Å². The number of rotatable bonds is 3. The number of aryl methyl sites for hydroxylation is 2. The lowest BCUT2D eigenvalue weighted by Crippen LogP contribution is -2.45. The van der Waals surface area contributed by atoms with Crippen LogP contribution in [0.15, 0.2) is 72.8 Å². The van der Waals surface area contributed by atoms with E-state index in [1.807, 2.05) is 43.3 Å². The van der Waals surface area contributed by atoms with Crippen LogP contribution < -0.4 is 0 Å². The largest absolute Gasteiger partial charge is 0.480 e. The number of alkyl halides is 3. The molecule has 0 aromatic heterocycles. The van der Waals surface area contributed by atoms with Gasteiger partial charge in [-0.2, -0.15) is 13.2 Å². The molecule has 9 heteroatoms. The number of halogens is 5. The molecule has 0 saturated heterocycles. The van der Waals surface area contributed by atoms with E-state index in [2.05, 4.69) is 0 Å². The lowest BCUT2D eigenvalue weighted by molar-refractivity contribution is -0.264. The number of carboxylic acids is 1. The van der Waals surface area contributed by atoms with E-state index in [-0.39, 0.29) is 27.5 Å². The smallest absolute Gasteiger partial charge is 0.426 e. The number of benzene rings is 4. The fourth-order valence-corrected chi connectivity index (χ4v) is 6.15. The van der Waals surface area contributed by atoms with Crippen LogP contribution >= 0.6 is 23.2 Å². The van der Waals surface area contributed by atoms with Gasteiger partial charge in [0.2, 0.25) is 5.60 Å². The van der Waals surface area contributed by atoms with Crippen LogP contribution in [0.3, 0.4) is 0 Å². The molecule has 4 aromatic carbocycles. The highest BCUT2D eigenvalue weighted by Crippen LogP contribution is 2.59. The van der Waals surface area contributed by atoms with Crippen LogP contribution in [0.4, 0.5) is 13.2 Å². The van der Waals surface area contributed by atoms with Crippen LogP contribution in [0.5, 0.6) is 0 Å². The molecular weight excluding hydrogens is 564 g/mol. The maximum atomic E-state index is 14.1. The first kappa shape index (κ1) is 27.9. The summed E-state index contributed by atoms with van der Waals surface area (Å²) in [5, 5.41) is 9.67. The molecule has 6 rings (SSSR count). The molecule has 0 bridgehead atoms. The first-order valence-corrected chi connectivity index (χ1v) is 12.9. The van der Waals surface area contributed by atoms with E-state index < -0.39 is 24.4 Å². The predicted molar refractivity (Wildman–Crippen MR) is 147 cm³/mol. The minimum absolute atomic E-state index is 0.0798. The van der Waals surface area contributed by atoms with Crippen LogP contribution in [-0.4, -0.2) is 29.6 Å². The van der Waals surface area contributed by atoms with Crippen molar-refractivity contribution in [1.82, 2.24) is 0 Å². The monoisotopic (exact) mass is 584 g/mol. The first-order valence-electron chi connectivity index (χ1n) is 12.1. The summed E-state index contributed by atoms with van der Waals surface area (Å²) in [6.45, 7) is 2.48. The maximum Gasteiger partial charge on any atom is 0.426 e. The number of ketones is 1. The molecule has 1 atom stereocenters. The van der Waals surface area contributed by atoms with Crippen LogP contribution in [0.1, 0.15) is 38.2 Å². The van der Waals surface area contributed by atoms with Gasteiger partial charge in [-0.15, -0.1) is 0 Å². The maximum absolute atomic E-state index is 14.1. The SMILES string of the molecule is Cc1cc(Cl)c2c(c1)C(=O)c1ccccc1-2.Cc1cc(Cl)c2c(c1)C(OCC(=O)O)(C(F)(F)F)c1ccccc1-2. The predicted octanol–water partition coefficient (Wildman–Crippen LogP) is 8.40. The molecular formula is C31H21Cl2F3O4. The molecule has 0 heterocycles. The number of carboxylic acid groups (broad SMARTS) is 1. The number of aliphatic carboxylic acids is 1. The van der Waals surface area contributed by atoms with Gasteiger partial charge >= 0.3 is 12.1 Å². The van der Waals surface area contributed by atoms with Crippen LogP contribution in [0.25, 0.3) is 22.3 Å². The van der Waals surface area contributed by atoms with Gasteiger partial charge in [-0.1, -0.05) is 77.8 Å². The number of hydrogen-bond acceptors (Lipinski definition) is 3. The standard InChI is InChI=1S/C17H12ClF3O3.C14H9ClO/c1-9-6-12-15(13(18)7-9)10-4-2-3-5-11(10)16(12,17(19,20)21)24-8-14(22)23;1-8-6-11-13(12(15)7-8)9-4-2-3-5-10(9)14(11)16/h2-7H,8H2,1H3,(H,22,23);2-7H,1H3. The second kappa shape index (κ2) is 10.1. The summed E-state index contributed by atoms with van der Waals surface area (Å²) >= 11 is 12.4. The molecule has 2 aliphatic carbocycles. The average Bonchev–Trinajstić information content (AvgIpc) is 3.33. The summed E-state index contributed by atoms with van der Waals surface area (Å²) in [6, 6.07) is 20.2. The molecule has 0 spiro atoms. The summed E-state index contributed by atoms with van der Waals surface area (Å²) in [5.74, 6) is -1.40. The number of hydrogen-bond donors (Lipinski definition) is 1. The molecule has 0 radical (unpaired) electrons. The van der Waals surface area contributed by atoms with Gasteiger partial charge in [0, 0.05) is 43.4 Å². The molecule has 0 fully saturated rings. The highest BCUT2D eigenvalue weighted by atomic mass is 35.5. The summed E-state index contributed by atoms with van der Waals surface area (Å²) in [4.78, 5) is 23.0.